The minimum atomic E-state index is -0.250. The van der Waals surface area contributed by atoms with Gasteiger partial charge in [-0.25, -0.2) is 4.98 Å². The van der Waals surface area contributed by atoms with E-state index in [1.807, 2.05) is 43.6 Å². The van der Waals surface area contributed by atoms with Gasteiger partial charge < -0.3 is 19.1 Å². The number of rotatable bonds is 3. The third kappa shape index (κ3) is 3.64. The fraction of sp³-hybridized carbons (Fsp3) is 0.350. The Morgan fingerprint density at radius 2 is 2.07 bits per heavy atom. The first-order valence-corrected chi connectivity index (χ1v) is 9.02. The number of imidazole rings is 1. The van der Waals surface area contributed by atoms with Crippen LogP contribution in [-0.2, 0) is 11.8 Å². The number of carboxylic acid groups (broad SMARTS) is 1. The van der Waals surface area contributed by atoms with Gasteiger partial charge >= 0.3 is 0 Å². The minimum Gasteiger partial charge on any atom is -0.483 e. The third-order valence-electron chi connectivity index (χ3n) is 5.13. The van der Waals surface area contributed by atoms with Crippen LogP contribution in [0.15, 0.2) is 47.5 Å². The van der Waals surface area contributed by atoms with Gasteiger partial charge in [0.2, 0.25) is 0 Å². The van der Waals surface area contributed by atoms with Crippen LogP contribution in [0.2, 0.25) is 0 Å². The molecule has 0 amide bonds. The molecular formula is C20H24N4O3. The lowest BCUT2D eigenvalue weighted by molar-refractivity contribution is -0.122. The molecule has 3 heterocycles. The molecule has 1 fully saturated rings. The number of para-hydroxylation sites is 1. The van der Waals surface area contributed by atoms with Gasteiger partial charge in [-0.3, -0.25) is 9.59 Å². The lowest BCUT2D eigenvalue weighted by atomic mass is 10.1. The van der Waals surface area contributed by atoms with E-state index in [-0.39, 0.29) is 12.0 Å². The fourth-order valence-corrected chi connectivity index (χ4v) is 3.73. The quantitative estimate of drug-likeness (QED) is 0.718. The van der Waals surface area contributed by atoms with Crippen molar-refractivity contribution in [2.75, 3.05) is 19.6 Å². The van der Waals surface area contributed by atoms with Gasteiger partial charge in [0.1, 0.15) is 5.82 Å². The van der Waals surface area contributed by atoms with Crippen molar-refractivity contribution in [3.8, 4) is 11.4 Å². The summed E-state index contributed by atoms with van der Waals surface area (Å²) in [6.07, 6.45) is 4.91. The van der Waals surface area contributed by atoms with Gasteiger partial charge in [-0.05, 0) is 30.5 Å². The van der Waals surface area contributed by atoms with Gasteiger partial charge in [-0.2, -0.15) is 0 Å². The summed E-state index contributed by atoms with van der Waals surface area (Å²) in [4.78, 5) is 28.2. The molecule has 1 atom stereocenters. The van der Waals surface area contributed by atoms with E-state index in [0.717, 1.165) is 42.8 Å². The highest BCUT2D eigenvalue weighted by atomic mass is 16.3. The van der Waals surface area contributed by atoms with Gasteiger partial charge in [-0.15, -0.1) is 0 Å². The Morgan fingerprint density at radius 3 is 2.78 bits per heavy atom. The number of likely N-dealkylation sites (tertiary alicyclic amines) is 1. The molecule has 1 unspecified atom stereocenters. The Labute approximate surface area is 157 Å². The maximum absolute atomic E-state index is 12.9. The number of fused-ring (bicyclic) bond motifs is 1. The smallest absolute Gasteiger partial charge is 0.290 e. The van der Waals surface area contributed by atoms with Crippen LogP contribution in [0, 0.1) is 0 Å². The summed E-state index contributed by atoms with van der Waals surface area (Å²) in [5.74, 6) is 0.782. The molecule has 1 aliphatic rings. The highest BCUT2D eigenvalue weighted by Crippen LogP contribution is 2.27. The molecule has 3 aromatic rings. The molecule has 0 spiro atoms. The Balaban J connectivity index is 0.000000659. The number of hydrogen-bond acceptors (Lipinski definition) is 4. The van der Waals surface area contributed by atoms with Crippen LogP contribution in [0.25, 0.3) is 22.3 Å². The molecule has 1 aliphatic heterocycles. The molecular weight excluding hydrogens is 344 g/mol. The zero-order chi connectivity index (χ0) is 19.4. The van der Waals surface area contributed by atoms with Crippen molar-refractivity contribution in [1.29, 1.82) is 0 Å². The number of aryl methyl sites for hydroxylation is 1. The van der Waals surface area contributed by atoms with Crippen molar-refractivity contribution in [3.63, 3.8) is 0 Å². The highest BCUT2D eigenvalue weighted by Gasteiger charge is 2.25. The molecule has 0 saturated carbocycles. The van der Waals surface area contributed by atoms with Crippen LogP contribution in [0.5, 0.6) is 0 Å². The van der Waals surface area contributed by atoms with Crippen molar-refractivity contribution in [2.45, 2.75) is 19.4 Å². The molecule has 0 aliphatic carbocycles. The predicted octanol–water partition coefficient (Wildman–Crippen LogP) is 2.37. The number of hydrogen-bond donors (Lipinski definition) is 1. The molecule has 27 heavy (non-hydrogen) atoms. The van der Waals surface area contributed by atoms with Crippen molar-refractivity contribution < 1.29 is 9.90 Å². The average molecular weight is 368 g/mol. The van der Waals surface area contributed by atoms with Crippen LogP contribution in [0.3, 0.4) is 0 Å². The molecule has 4 rings (SSSR count). The topological polar surface area (TPSA) is 80.4 Å². The second-order valence-electron chi connectivity index (χ2n) is 6.58. The standard InChI is InChI=1S/C19H22N4O.CH2O2/c1-3-22-10-8-15(13-22)23-11-9-20-18(23)16-12-14-6-4-5-7-17(14)21(2)19(16)24;2-1-3/h4-7,9,11-12,15H,3,8,10,13H2,1-2H3;1H,(H,2,3). The number of benzene rings is 1. The molecule has 2 aromatic heterocycles. The van der Waals surface area contributed by atoms with E-state index in [4.69, 9.17) is 9.90 Å². The first-order valence-electron chi connectivity index (χ1n) is 9.02. The van der Waals surface area contributed by atoms with E-state index < -0.39 is 0 Å². The monoisotopic (exact) mass is 368 g/mol. The van der Waals surface area contributed by atoms with Crippen molar-refractivity contribution in [1.82, 2.24) is 19.0 Å². The predicted molar refractivity (Wildman–Crippen MR) is 105 cm³/mol. The Morgan fingerprint density at radius 1 is 1.33 bits per heavy atom. The van der Waals surface area contributed by atoms with Crippen LogP contribution in [0.1, 0.15) is 19.4 Å². The second kappa shape index (κ2) is 8.18. The maximum Gasteiger partial charge on any atom is 0.290 e. The van der Waals surface area contributed by atoms with Gasteiger partial charge in [0.25, 0.3) is 12.0 Å². The number of aromatic nitrogens is 3. The average Bonchev–Trinajstić information content (AvgIpc) is 3.34. The minimum absolute atomic E-state index is 0.00601. The zero-order valence-electron chi connectivity index (χ0n) is 15.6. The van der Waals surface area contributed by atoms with E-state index in [1.54, 1.807) is 10.8 Å². The normalized spacial score (nSPS) is 16.9. The second-order valence-corrected chi connectivity index (χ2v) is 6.58. The summed E-state index contributed by atoms with van der Waals surface area (Å²) in [6.45, 7) is 5.14. The molecule has 0 radical (unpaired) electrons. The summed E-state index contributed by atoms with van der Waals surface area (Å²) in [5, 5.41) is 7.95. The van der Waals surface area contributed by atoms with E-state index >= 15 is 0 Å². The van der Waals surface area contributed by atoms with Gasteiger partial charge in [0.05, 0.1) is 11.1 Å². The Kier molecular flexibility index (Phi) is 5.71. The SMILES string of the molecule is CCN1CCC(n2ccnc2-c2cc3ccccc3n(C)c2=O)C1.O=CO. The molecule has 7 heteroatoms. The molecule has 1 N–H and O–H groups in total. The maximum atomic E-state index is 12.9. The zero-order valence-corrected chi connectivity index (χ0v) is 15.6. The van der Waals surface area contributed by atoms with Crippen molar-refractivity contribution >= 4 is 17.4 Å². The summed E-state index contributed by atoms with van der Waals surface area (Å²) in [6, 6.07) is 10.3. The van der Waals surface area contributed by atoms with Gasteiger partial charge in [-0.1, -0.05) is 25.1 Å². The first kappa shape index (κ1) is 18.8. The summed E-state index contributed by atoms with van der Waals surface area (Å²) in [5.41, 5.74) is 1.63. The number of nitrogens with zero attached hydrogens (tertiary/aromatic N) is 4. The Hall–Kier alpha value is -2.93. The molecule has 1 saturated heterocycles. The van der Waals surface area contributed by atoms with E-state index in [0.29, 0.717) is 11.6 Å². The molecule has 0 bridgehead atoms. The lowest BCUT2D eigenvalue weighted by Crippen LogP contribution is -2.23. The number of likely N-dealkylation sites (N-methyl/N-ethyl adjacent to an activating group) is 1. The van der Waals surface area contributed by atoms with Crippen LogP contribution >= 0.6 is 0 Å². The highest BCUT2D eigenvalue weighted by molar-refractivity contribution is 5.83. The summed E-state index contributed by atoms with van der Waals surface area (Å²) in [7, 11) is 1.83. The fourth-order valence-electron chi connectivity index (χ4n) is 3.73. The van der Waals surface area contributed by atoms with Crippen LogP contribution in [-0.4, -0.2) is 50.2 Å². The van der Waals surface area contributed by atoms with Crippen molar-refractivity contribution in [3.05, 3.63) is 53.1 Å². The molecule has 1 aromatic carbocycles. The molecule has 7 nitrogen and oxygen atoms in total. The Bertz CT molecular complexity index is 992. The van der Waals surface area contributed by atoms with Crippen LogP contribution < -0.4 is 5.56 Å². The number of pyridine rings is 1. The van der Waals surface area contributed by atoms with Gasteiger partial charge in [0, 0.05) is 38.6 Å². The summed E-state index contributed by atoms with van der Waals surface area (Å²) < 4.78 is 3.90. The van der Waals surface area contributed by atoms with Crippen molar-refractivity contribution in [2.24, 2.45) is 7.05 Å². The largest absolute Gasteiger partial charge is 0.483 e. The first-order chi connectivity index (χ1) is 13.1. The lowest BCUT2D eigenvalue weighted by Gasteiger charge is -2.17. The van der Waals surface area contributed by atoms with Gasteiger partial charge in [0.15, 0.2) is 0 Å². The number of carbonyl (C=O) groups is 1. The molecule has 142 valence electrons. The van der Waals surface area contributed by atoms with E-state index in [9.17, 15) is 4.79 Å². The van der Waals surface area contributed by atoms with E-state index in [2.05, 4.69) is 21.4 Å². The third-order valence-corrected chi connectivity index (χ3v) is 5.13. The van der Waals surface area contributed by atoms with Crippen LogP contribution in [0.4, 0.5) is 0 Å². The van der Waals surface area contributed by atoms with E-state index in [1.165, 1.54) is 0 Å². The summed E-state index contributed by atoms with van der Waals surface area (Å²) >= 11 is 0.